The molecule has 58 valence electrons. The van der Waals surface area contributed by atoms with Crippen LogP contribution in [-0.4, -0.2) is 23.8 Å². The molecule has 2 rings (SSSR count). The number of hydrogen-bond acceptors (Lipinski definition) is 2. The standard InChI is InChI=1S/C8H15NO/c10-8-4-5-9-7-3-1-2-6(7)8/h6-10H,1-5H2/t6-,7-,8+/m1/s1. The zero-order valence-corrected chi connectivity index (χ0v) is 6.21. The summed E-state index contributed by atoms with van der Waals surface area (Å²) in [7, 11) is 0. The molecule has 2 fully saturated rings. The maximum Gasteiger partial charge on any atom is 0.0595 e. The molecule has 1 heterocycles. The van der Waals surface area contributed by atoms with Crippen LogP contribution in [0.1, 0.15) is 25.7 Å². The second-order valence-electron chi connectivity index (χ2n) is 3.51. The maximum absolute atomic E-state index is 9.54. The molecule has 0 spiro atoms. The van der Waals surface area contributed by atoms with Crippen LogP contribution in [0.3, 0.4) is 0 Å². The number of piperidine rings is 1. The van der Waals surface area contributed by atoms with Gasteiger partial charge in [-0.15, -0.1) is 0 Å². The van der Waals surface area contributed by atoms with Gasteiger partial charge in [0.25, 0.3) is 0 Å². The molecule has 1 saturated heterocycles. The van der Waals surface area contributed by atoms with Crippen molar-refractivity contribution in [3.63, 3.8) is 0 Å². The van der Waals surface area contributed by atoms with Crippen LogP contribution < -0.4 is 5.32 Å². The van der Waals surface area contributed by atoms with Crippen molar-refractivity contribution < 1.29 is 5.11 Å². The van der Waals surface area contributed by atoms with Gasteiger partial charge < -0.3 is 10.4 Å². The first-order valence-electron chi connectivity index (χ1n) is 4.29. The van der Waals surface area contributed by atoms with Gasteiger partial charge in [-0.1, -0.05) is 6.42 Å². The highest BCUT2D eigenvalue weighted by atomic mass is 16.3. The Bertz CT molecular complexity index is 126. The monoisotopic (exact) mass is 141 g/mol. The van der Waals surface area contributed by atoms with Crippen molar-refractivity contribution >= 4 is 0 Å². The summed E-state index contributed by atoms with van der Waals surface area (Å²) in [5.41, 5.74) is 0. The van der Waals surface area contributed by atoms with Gasteiger partial charge >= 0.3 is 0 Å². The molecule has 2 heteroatoms. The molecule has 2 N–H and O–H groups in total. The van der Waals surface area contributed by atoms with Crippen LogP contribution >= 0.6 is 0 Å². The minimum Gasteiger partial charge on any atom is -0.393 e. The van der Waals surface area contributed by atoms with Crippen LogP contribution in [0.2, 0.25) is 0 Å². The van der Waals surface area contributed by atoms with E-state index in [0.29, 0.717) is 12.0 Å². The largest absolute Gasteiger partial charge is 0.393 e. The van der Waals surface area contributed by atoms with E-state index in [1.165, 1.54) is 19.3 Å². The van der Waals surface area contributed by atoms with Crippen LogP contribution in [0.5, 0.6) is 0 Å². The summed E-state index contributed by atoms with van der Waals surface area (Å²) < 4.78 is 0. The maximum atomic E-state index is 9.54. The van der Waals surface area contributed by atoms with Crippen LogP contribution in [0.25, 0.3) is 0 Å². The molecule has 0 bridgehead atoms. The summed E-state index contributed by atoms with van der Waals surface area (Å²) in [6, 6.07) is 0.642. The third-order valence-electron chi connectivity index (χ3n) is 2.91. The molecule has 1 aliphatic carbocycles. The molecular weight excluding hydrogens is 126 g/mol. The van der Waals surface area contributed by atoms with Crippen molar-refractivity contribution in [2.45, 2.75) is 37.8 Å². The Morgan fingerprint density at radius 2 is 2.10 bits per heavy atom. The third kappa shape index (κ3) is 0.956. The number of fused-ring (bicyclic) bond motifs is 1. The van der Waals surface area contributed by atoms with Gasteiger partial charge in [0, 0.05) is 12.0 Å². The highest BCUT2D eigenvalue weighted by molar-refractivity contribution is 4.91. The number of rotatable bonds is 0. The van der Waals surface area contributed by atoms with Gasteiger partial charge in [-0.25, -0.2) is 0 Å². The average Bonchev–Trinajstić information content (AvgIpc) is 2.36. The Balaban J connectivity index is 2.03. The molecule has 1 aliphatic heterocycles. The lowest BCUT2D eigenvalue weighted by Crippen LogP contribution is -2.45. The molecule has 1 saturated carbocycles. The predicted molar refractivity (Wildman–Crippen MR) is 39.8 cm³/mol. The molecule has 0 aromatic rings. The lowest BCUT2D eigenvalue weighted by Gasteiger charge is -2.31. The Labute approximate surface area is 61.6 Å². The van der Waals surface area contributed by atoms with E-state index in [1.807, 2.05) is 0 Å². The smallest absolute Gasteiger partial charge is 0.0595 e. The van der Waals surface area contributed by atoms with E-state index in [1.54, 1.807) is 0 Å². The highest BCUT2D eigenvalue weighted by Crippen LogP contribution is 2.31. The lowest BCUT2D eigenvalue weighted by atomic mass is 9.91. The molecule has 10 heavy (non-hydrogen) atoms. The van der Waals surface area contributed by atoms with E-state index >= 15 is 0 Å². The Hall–Kier alpha value is -0.0800. The second-order valence-corrected chi connectivity index (χ2v) is 3.51. The van der Waals surface area contributed by atoms with Crippen LogP contribution in [0, 0.1) is 5.92 Å². The first-order valence-corrected chi connectivity index (χ1v) is 4.29. The number of hydrogen-bond donors (Lipinski definition) is 2. The second kappa shape index (κ2) is 2.51. The van der Waals surface area contributed by atoms with Gasteiger partial charge in [0.2, 0.25) is 0 Å². The Morgan fingerprint density at radius 1 is 1.20 bits per heavy atom. The van der Waals surface area contributed by atoms with Crippen molar-refractivity contribution in [2.75, 3.05) is 6.54 Å². The quantitative estimate of drug-likeness (QED) is 0.515. The molecule has 0 aromatic heterocycles. The Kier molecular flexibility index (Phi) is 1.66. The van der Waals surface area contributed by atoms with Crippen molar-refractivity contribution in [3.8, 4) is 0 Å². The normalized spacial score (nSPS) is 47.1. The van der Waals surface area contributed by atoms with Crippen molar-refractivity contribution in [3.05, 3.63) is 0 Å². The van der Waals surface area contributed by atoms with Crippen LogP contribution in [-0.2, 0) is 0 Å². The zero-order chi connectivity index (χ0) is 6.97. The van der Waals surface area contributed by atoms with Crippen molar-refractivity contribution in [1.82, 2.24) is 5.32 Å². The summed E-state index contributed by atoms with van der Waals surface area (Å²) in [5.74, 6) is 0.578. The number of aliphatic hydroxyl groups is 1. The van der Waals surface area contributed by atoms with Gasteiger partial charge in [-0.2, -0.15) is 0 Å². The van der Waals surface area contributed by atoms with E-state index in [0.717, 1.165) is 13.0 Å². The summed E-state index contributed by atoms with van der Waals surface area (Å²) in [6.07, 6.45) is 4.77. The number of nitrogens with one attached hydrogen (secondary N) is 1. The van der Waals surface area contributed by atoms with Gasteiger partial charge in [0.1, 0.15) is 0 Å². The summed E-state index contributed by atoms with van der Waals surface area (Å²) in [6.45, 7) is 1.02. The third-order valence-corrected chi connectivity index (χ3v) is 2.91. The highest BCUT2D eigenvalue weighted by Gasteiger charge is 2.34. The minimum absolute atomic E-state index is 0.00579. The molecule has 0 unspecified atom stereocenters. The molecule has 0 amide bonds. The van der Waals surface area contributed by atoms with Crippen molar-refractivity contribution in [1.29, 1.82) is 0 Å². The fourth-order valence-corrected chi connectivity index (χ4v) is 2.33. The van der Waals surface area contributed by atoms with Crippen LogP contribution in [0.15, 0.2) is 0 Å². The molecule has 2 nitrogen and oxygen atoms in total. The van der Waals surface area contributed by atoms with Gasteiger partial charge in [0.05, 0.1) is 6.10 Å². The average molecular weight is 141 g/mol. The lowest BCUT2D eigenvalue weighted by molar-refractivity contribution is 0.0645. The van der Waals surface area contributed by atoms with Gasteiger partial charge in [-0.05, 0) is 25.8 Å². The summed E-state index contributed by atoms with van der Waals surface area (Å²) >= 11 is 0. The van der Waals surface area contributed by atoms with Gasteiger partial charge in [0.15, 0.2) is 0 Å². The molecule has 0 aromatic carbocycles. The van der Waals surface area contributed by atoms with E-state index in [2.05, 4.69) is 5.32 Å². The molecular formula is C8H15NO. The summed E-state index contributed by atoms with van der Waals surface area (Å²) in [4.78, 5) is 0. The zero-order valence-electron chi connectivity index (χ0n) is 6.21. The predicted octanol–water partition coefficient (Wildman–Crippen LogP) is 0.509. The Morgan fingerprint density at radius 3 is 2.90 bits per heavy atom. The number of aliphatic hydroxyl groups excluding tert-OH is 1. The molecule has 2 aliphatic rings. The van der Waals surface area contributed by atoms with Crippen LogP contribution in [0.4, 0.5) is 0 Å². The summed E-state index contributed by atoms with van der Waals surface area (Å²) in [5, 5.41) is 13.0. The first-order chi connectivity index (χ1) is 4.88. The van der Waals surface area contributed by atoms with E-state index in [-0.39, 0.29) is 6.10 Å². The SMILES string of the molecule is O[C@H]1CCN[C@@H]2CCC[C@@H]12. The first kappa shape index (κ1) is 6.62. The fraction of sp³-hybridized carbons (Fsp3) is 1.00. The van der Waals surface area contributed by atoms with Gasteiger partial charge in [-0.3, -0.25) is 0 Å². The topological polar surface area (TPSA) is 32.3 Å². The van der Waals surface area contributed by atoms with E-state index in [4.69, 9.17) is 0 Å². The fourth-order valence-electron chi connectivity index (χ4n) is 2.33. The van der Waals surface area contributed by atoms with E-state index < -0.39 is 0 Å². The minimum atomic E-state index is -0.00579. The molecule has 3 atom stereocenters. The molecule has 0 radical (unpaired) electrons. The van der Waals surface area contributed by atoms with Crippen molar-refractivity contribution in [2.24, 2.45) is 5.92 Å². The van der Waals surface area contributed by atoms with E-state index in [9.17, 15) is 5.11 Å².